The van der Waals surface area contributed by atoms with Crippen molar-refractivity contribution >= 4 is 41.5 Å². The second kappa shape index (κ2) is 19.3. The van der Waals surface area contributed by atoms with E-state index in [0.29, 0.717) is 81.3 Å². The molecule has 328 valence electrons. The third kappa shape index (κ3) is 9.65. The summed E-state index contributed by atoms with van der Waals surface area (Å²) in [5, 5.41) is 10.7. The molecule has 3 fully saturated rings. The number of nitrogens with zero attached hydrogens (tertiary/aromatic N) is 6. The summed E-state index contributed by atoms with van der Waals surface area (Å²) in [6, 6.07) is 6.68. The fourth-order valence-electron chi connectivity index (χ4n) is 10.4. The largest absolute Gasteiger partial charge is 0.481 e. The van der Waals surface area contributed by atoms with Crippen LogP contribution in [0.15, 0.2) is 30.5 Å². The van der Waals surface area contributed by atoms with Gasteiger partial charge in [-0.25, -0.2) is 8.78 Å². The van der Waals surface area contributed by atoms with E-state index in [9.17, 15) is 4.79 Å². The number of aromatic nitrogens is 3. The number of carboxylic acids is 1. The van der Waals surface area contributed by atoms with Gasteiger partial charge in [-0.15, -0.1) is 5.54 Å². The van der Waals surface area contributed by atoms with Gasteiger partial charge in [-0.05, 0) is 77.7 Å². The maximum absolute atomic E-state index is 17.6. The number of piperazine rings is 1. The summed E-state index contributed by atoms with van der Waals surface area (Å²) in [5.74, 6) is 3.57. The molecule has 2 aromatic carbocycles. The van der Waals surface area contributed by atoms with Crippen molar-refractivity contribution in [3.8, 4) is 34.5 Å². The van der Waals surface area contributed by atoms with E-state index >= 15 is 8.78 Å². The zero-order valence-electron chi connectivity index (χ0n) is 36.9. The second-order valence-electron chi connectivity index (χ2n) is 18.2. The van der Waals surface area contributed by atoms with Crippen LogP contribution in [-0.4, -0.2) is 117 Å². The fourth-order valence-corrected chi connectivity index (χ4v) is 15.6. The number of ether oxygens (including phenoxy) is 3. The lowest BCUT2D eigenvalue weighted by molar-refractivity contribution is -0.137. The highest BCUT2D eigenvalue weighted by molar-refractivity contribution is 6.90. The Morgan fingerprint density at radius 3 is 2.25 bits per heavy atom. The van der Waals surface area contributed by atoms with Gasteiger partial charge in [0.05, 0.1) is 24.0 Å². The summed E-state index contributed by atoms with van der Waals surface area (Å²) >= 11 is 0. The number of benzene rings is 2. The van der Waals surface area contributed by atoms with E-state index in [1.54, 1.807) is 24.4 Å². The SMILES string of the molecule is COCOc1cc(-c2ncc3c(N4CC5CCC(C5)C4)nc(OCCCN4CCN(CCC(=O)O)CC4)nc3c2F)c2c(C#C[Si](C(C)C)(C(C)C)C(C)C)c(F)ccc2c1. The summed E-state index contributed by atoms with van der Waals surface area (Å²) in [5.41, 5.74) is 5.34. The lowest BCUT2D eigenvalue weighted by Gasteiger charge is -2.38. The molecule has 14 heteroatoms. The minimum absolute atomic E-state index is 0.00548. The van der Waals surface area contributed by atoms with Gasteiger partial charge < -0.3 is 34.0 Å². The smallest absolute Gasteiger partial charge is 0.319 e. The first-order chi connectivity index (χ1) is 29.3. The number of anilines is 1. The highest BCUT2D eigenvalue weighted by Crippen LogP contribution is 2.44. The van der Waals surface area contributed by atoms with Crippen LogP contribution >= 0.6 is 0 Å². The predicted molar refractivity (Wildman–Crippen MR) is 239 cm³/mol. The lowest BCUT2D eigenvalue weighted by Crippen LogP contribution is -2.47. The van der Waals surface area contributed by atoms with Crippen molar-refractivity contribution in [2.45, 2.75) is 90.3 Å². The highest BCUT2D eigenvalue weighted by atomic mass is 28.3. The van der Waals surface area contributed by atoms with Gasteiger partial charge in [-0.2, -0.15) is 9.97 Å². The Kier molecular flexibility index (Phi) is 14.1. The van der Waals surface area contributed by atoms with E-state index in [1.165, 1.54) is 32.4 Å². The molecular weight excluding hydrogens is 795 g/mol. The summed E-state index contributed by atoms with van der Waals surface area (Å²) < 4.78 is 51.2. The van der Waals surface area contributed by atoms with E-state index in [4.69, 9.17) is 34.3 Å². The minimum atomic E-state index is -2.28. The molecule has 7 rings (SSSR count). The summed E-state index contributed by atoms with van der Waals surface area (Å²) in [4.78, 5) is 32.2. The molecule has 2 aromatic heterocycles. The van der Waals surface area contributed by atoms with Crippen LogP contribution in [0.5, 0.6) is 11.8 Å². The number of halogens is 2. The van der Waals surface area contributed by atoms with Crippen LogP contribution in [0.1, 0.15) is 79.2 Å². The molecule has 0 amide bonds. The monoisotopic (exact) mass is 856 g/mol. The summed E-state index contributed by atoms with van der Waals surface area (Å²) in [6.07, 6.45) is 6.04. The Morgan fingerprint density at radius 1 is 0.934 bits per heavy atom. The van der Waals surface area contributed by atoms with Gasteiger partial charge in [-0.3, -0.25) is 9.78 Å². The number of carbonyl (C=O) groups is 1. The molecule has 1 saturated carbocycles. The van der Waals surface area contributed by atoms with Gasteiger partial charge in [0.15, 0.2) is 12.6 Å². The molecule has 2 bridgehead atoms. The first kappa shape index (κ1) is 44.6. The average Bonchev–Trinajstić information content (AvgIpc) is 3.57. The van der Waals surface area contributed by atoms with Crippen LogP contribution in [0.2, 0.25) is 16.6 Å². The number of aliphatic carboxylic acids is 1. The van der Waals surface area contributed by atoms with E-state index in [1.807, 2.05) is 0 Å². The first-order valence-electron chi connectivity index (χ1n) is 22.1. The number of pyridine rings is 1. The first-order valence-corrected chi connectivity index (χ1v) is 24.3. The zero-order valence-corrected chi connectivity index (χ0v) is 37.9. The molecule has 2 unspecified atom stereocenters. The molecule has 2 saturated heterocycles. The Morgan fingerprint density at radius 2 is 1.61 bits per heavy atom. The normalized spacial score (nSPS) is 18.7. The Hall–Kier alpha value is -4.42. The molecule has 3 aliphatic rings. The van der Waals surface area contributed by atoms with Gasteiger partial charge in [0, 0.05) is 76.6 Å². The van der Waals surface area contributed by atoms with E-state index in [-0.39, 0.29) is 36.0 Å². The molecule has 4 aromatic rings. The molecule has 11 nitrogen and oxygen atoms in total. The van der Waals surface area contributed by atoms with Gasteiger partial charge in [0.1, 0.15) is 36.7 Å². The highest BCUT2D eigenvalue weighted by Gasteiger charge is 2.42. The second-order valence-corrected chi connectivity index (χ2v) is 23.8. The third-order valence-electron chi connectivity index (χ3n) is 13.4. The number of hydrogen-bond acceptors (Lipinski definition) is 10. The van der Waals surface area contributed by atoms with E-state index < -0.39 is 25.7 Å². The minimum Gasteiger partial charge on any atom is -0.481 e. The van der Waals surface area contributed by atoms with Crippen molar-refractivity contribution in [1.82, 2.24) is 24.8 Å². The quantitative estimate of drug-likeness (QED) is 0.0505. The number of fused-ring (bicyclic) bond motifs is 4. The Bertz CT molecular complexity index is 2240. The number of carboxylic acid groups (broad SMARTS) is 1. The van der Waals surface area contributed by atoms with Crippen LogP contribution < -0.4 is 14.4 Å². The third-order valence-corrected chi connectivity index (χ3v) is 19.7. The Labute approximate surface area is 360 Å². The van der Waals surface area contributed by atoms with Crippen molar-refractivity contribution in [2.24, 2.45) is 11.8 Å². The Balaban J connectivity index is 1.28. The molecule has 0 spiro atoms. The van der Waals surface area contributed by atoms with Crippen molar-refractivity contribution in [2.75, 3.05) is 77.8 Å². The molecule has 2 atom stereocenters. The molecular formula is C47H62F2N6O5Si. The van der Waals surface area contributed by atoms with Crippen LogP contribution in [0, 0.1) is 34.9 Å². The van der Waals surface area contributed by atoms with E-state index in [2.05, 4.69) is 67.7 Å². The van der Waals surface area contributed by atoms with Gasteiger partial charge >= 0.3 is 12.0 Å². The molecule has 4 heterocycles. The maximum atomic E-state index is 17.6. The zero-order chi connectivity index (χ0) is 43.4. The maximum Gasteiger partial charge on any atom is 0.319 e. The molecule has 2 aliphatic heterocycles. The number of rotatable bonds is 16. The number of methoxy groups -OCH3 is 1. The van der Waals surface area contributed by atoms with Crippen LogP contribution in [0.4, 0.5) is 14.6 Å². The van der Waals surface area contributed by atoms with Crippen molar-refractivity contribution in [3.63, 3.8) is 0 Å². The fraction of sp³-hybridized carbons (Fsp3) is 0.574. The molecule has 0 radical (unpaired) electrons. The number of hydrogen-bond donors (Lipinski definition) is 1. The van der Waals surface area contributed by atoms with Crippen molar-refractivity contribution in [1.29, 1.82) is 0 Å². The molecule has 61 heavy (non-hydrogen) atoms. The van der Waals surface area contributed by atoms with Crippen LogP contribution in [0.25, 0.3) is 32.9 Å². The van der Waals surface area contributed by atoms with Crippen molar-refractivity contribution < 1.29 is 32.9 Å². The predicted octanol–water partition coefficient (Wildman–Crippen LogP) is 8.77. The van der Waals surface area contributed by atoms with Gasteiger partial charge in [-0.1, -0.05) is 53.5 Å². The topological polar surface area (TPSA) is 113 Å². The van der Waals surface area contributed by atoms with Crippen molar-refractivity contribution in [3.05, 3.63) is 47.7 Å². The van der Waals surface area contributed by atoms with E-state index in [0.717, 1.165) is 45.8 Å². The standard InChI is InChI=1S/C47H62F2N6O5Si/c1-30(2)61(31(3)4,32(5)6)22-14-37-40(48)12-11-35-24-36(60-29-58-7)25-38(42(35)37)44-43(49)45-39(26-50-44)46(55-27-33-9-10-34(23-33)28-55)52-47(51-45)59-21-8-15-53-17-19-54(20-18-53)16-13-41(56)57/h11-12,24-26,30-34H,8-10,13,15-21,23,27-29H2,1-7H3,(H,56,57). The van der Waals surface area contributed by atoms with Crippen LogP contribution in [0.3, 0.4) is 0 Å². The van der Waals surface area contributed by atoms with Gasteiger partial charge in [0.25, 0.3) is 0 Å². The summed E-state index contributed by atoms with van der Waals surface area (Å²) in [7, 11) is -0.748. The molecule has 1 N–H and O–H groups in total. The molecule has 1 aliphatic carbocycles. The van der Waals surface area contributed by atoms with Crippen LogP contribution in [-0.2, 0) is 9.53 Å². The lowest BCUT2D eigenvalue weighted by atomic mass is 9.95. The number of piperidine rings is 1. The average molecular weight is 857 g/mol. The summed E-state index contributed by atoms with van der Waals surface area (Å²) in [6.45, 7) is 20.0. The van der Waals surface area contributed by atoms with Gasteiger partial charge in [0.2, 0.25) is 0 Å².